The van der Waals surface area contributed by atoms with Gasteiger partial charge in [-0.3, -0.25) is 0 Å². The van der Waals surface area contributed by atoms with E-state index < -0.39 is 0 Å². The Hall–Kier alpha value is -2.36. The van der Waals surface area contributed by atoms with Gasteiger partial charge in [0.05, 0.1) is 11.8 Å². The van der Waals surface area contributed by atoms with Crippen LogP contribution in [0, 0.1) is 6.92 Å². The molecule has 0 fully saturated rings. The van der Waals surface area contributed by atoms with Gasteiger partial charge in [0.1, 0.15) is 5.69 Å². The van der Waals surface area contributed by atoms with Crippen LogP contribution in [0.3, 0.4) is 0 Å². The standard InChI is InChI=1S/C13H11N3O/c1-8-4-5-10-9(7-8)12(16-13(14)15-10)11-3-2-6-17-11/h2-7H,1H3,(H2,14,15,16). The van der Waals surface area contributed by atoms with Gasteiger partial charge in [-0.05, 0) is 31.2 Å². The summed E-state index contributed by atoms with van der Waals surface area (Å²) in [5, 5.41) is 0.953. The number of benzene rings is 1. The fraction of sp³-hybridized carbons (Fsp3) is 0.0769. The molecular weight excluding hydrogens is 214 g/mol. The Morgan fingerprint density at radius 2 is 2.06 bits per heavy atom. The third-order valence-electron chi connectivity index (χ3n) is 2.62. The van der Waals surface area contributed by atoms with E-state index in [1.807, 2.05) is 37.3 Å². The number of nitrogens with zero attached hydrogens (tertiary/aromatic N) is 2. The maximum atomic E-state index is 5.70. The summed E-state index contributed by atoms with van der Waals surface area (Å²) in [6.45, 7) is 2.03. The Bertz CT molecular complexity index is 674. The molecule has 3 aromatic rings. The molecule has 0 saturated carbocycles. The molecule has 0 radical (unpaired) electrons. The lowest BCUT2D eigenvalue weighted by molar-refractivity contribution is 0.581. The zero-order chi connectivity index (χ0) is 11.8. The van der Waals surface area contributed by atoms with Gasteiger partial charge >= 0.3 is 0 Å². The van der Waals surface area contributed by atoms with Crippen molar-refractivity contribution in [3.05, 3.63) is 42.2 Å². The molecule has 0 saturated heterocycles. The topological polar surface area (TPSA) is 64.9 Å². The molecule has 0 unspecified atom stereocenters. The van der Waals surface area contributed by atoms with Crippen molar-refractivity contribution in [3.8, 4) is 11.5 Å². The van der Waals surface area contributed by atoms with E-state index in [1.165, 1.54) is 0 Å². The number of nitrogens with two attached hydrogens (primary N) is 1. The molecule has 0 spiro atoms. The van der Waals surface area contributed by atoms with Crippen LogP contribution in [-0.2, 0) is 0 Å². The predicted molar refractivity (Wildman–Crippen MR) is 66.4 cm³/mol. The highest BCUT2D eigenvalue weighted by atomic mass is 16.3. The predicted octanol–water partition coefficient (Wildman–Crippen LogP) is 2.78. The quantitative estimate of drug-likeness (QED) is 0.691. The van der Waals surface area contributed by atoms with E-state index in [0.29, 0.717) is 5.76 Å². The third-order valence-corrected chi connectivity index (χ3v) is 2.62. The van der Waals surface area contributed by atoms with Gasteiger partial charge in [0.15, 0.2) is 5.76 Å². The first kappa shape index (κ1) is 9.84. The molecular formula is C13H11N3O. The number of fused-ring (bicyclic) bond motifs is 1. The van der Waals surface area contributed by atoms with Gasteiger partial charge < -0.3 is 10.2 Å². The van der Waals surface area contributed by atoms with Gasteiger partial charge in [-0.15, -0.1) is 0 Å². The first-order valence-corrected chi connectivity index (χ1v) is 5.32. The smallest absolute Gasteiger partial charge is 0.221 e. The SMILES string of the molecule is Cc1ccc2nc(N)nc(-c3ccco3)c2c1. The molecule has 0 bridgehead atoms. The lowest BCUT2D eigenvalue weighted by Gasteiger charge is -2.05. The zero-order valence-electron chi connectivity index (χ0n) is 9.34. The van der Waals surface area contributed by atoms with Crippen LogP contribution >= 0.6 is 0 Å². The molecule has 0 aliphatic rings. The second-order valence-electron chi connectivity index (χ2n) is 3.93. The van der Waals surface area contributed by atoms with Gasteiger partial charge in [-0.1, -0.05) is 11.6 Å². The fourth-order valence-corrected chi connectivity index (χ4v) is 1.86. The van der Waals surface area contributed by atoms with Crippen molar-refractivity contribution in [2.24, 2.45) is 0 Å². The molecule has 0 aliphatic heterocycles. The summed E-state index contributed by atoms with van der Waals surface area (Å²) >= 11 is 0. The van der Waals surface area contributed by atoms with Crippen molar-refractivity contribution in [1.82, 2.24) is 9.97 Å². The van der Waals surface area contributed by atoms with Crippen molar-refractivity contribution in [2.45, 2.75) is 6.92 Å². The van der Waals surface area contributed by atoms with Gasteiger partial charge in [0.25, 0.3) is 0 Å². The highest BCUT2D eigenvalue weighted by Crippen LogP contribution is 2.27. The Morgan fingerprint density at radius 3 is 2.82 bits per heavy atom. The minimum Gasteiger partial charge on any atom is -0.463 e. The van der Waals surface area contributed by atoms with Crippen LogP contribution in [0.25, 0.3) is 22.4 Å². The highest BCUT2D eigenvalue weighted by molar-refractivity contribution is 5.92. The molecule has 2 heterocycles. The maximum absolute atomic E-state index is 5.70. The molecule has 2 N–H and O–H groups in total. The minimum absolute atomic E-state index is 0.257. The zero-order valence-corrected chi connectivity index (χ0v) is 9.34. The lowest BCUT2D eigenvalue weighted by Crippen LogP contribution is -1.97. The Kier molecular flexibility index (Phi) is 2.08. The Balaban J connectivity index is 2.39. The molecule has 1 aromatic carbocycles. The molecule has 4 nitrogen and oxygen atoms in total. The van der Waals surface area contributed by atoms with Gasteiger partial charge in [-0.25, -0.2) is 9.97 Å². The number of furan rings is 1. The third kappa shape index (κ3) is 1.63. The summed E-state index contributed by atoms with van der Waals surface area (Å²) in [5.74, 6) is 0.961. The van der Waals surface area contributed by atoms with Crippen molar-refractivity contribution in [3.63, 3.8) is 0 Å². The Morgan fingerprint density at radius 1 is 1.18 bits per heavy atom. The minimum atomic E-state index is 0.257. The molecule has 0 aliphatic carbocycles. The Labute approximate surface area is 98.1 Å². The monoisotopic (exact) mass is 225 g/mol. The van der Waals surface area contributed by atoms with Gasteiger partial charge in [0, 0.05) is 5.39 Å². The first-order valence-electron chi connectivity index (χ1n) is 5.32. The summed E-state index contributed by atoms with van der Waals surface area (Å²) in [6.07, 6.45) is 1.62. The van der Waals surface area contributed by atoms with Gasteiger partial charge in [0.2, 0.25) is 5.95 Å². The van der Waals surface area contributed by atoms with Crippen molar-refractivity contribution >= 4 is 16.9 Å². The largest absolute Gasteiger partial charge is 0.463 e. The van der Waals surface area contributed by atoms with Crippen LogP contribution in [0.1, 0.15) is 5.56 Å². The summed E-state index contributed by atoms with van der Waals surface area (Å²) in [7, 11) is 0. The lowest BCUT2D eigenvalue weighted by atomic mass is 10.1. The van der Waals surface area contributed by atoms with E-state index >= 15 is 0 Å². The van der Waals surface area contributed by atoms with Crippen LogP contribution < -0.4 is 5.73 Å². The van der Waals surface area contributed by atoms with E-state index in [4.69, 9.17) is 10.2 Å². The summed E-state index contributed by atoms with van der Waals surface area (Å²) in [4.78, 5) is 8.47. The number of aromatic nitrogens is 2. The second-order valence-corrected chi connectivity index (χ2v) is 3.93. The molecule has 0 atom stereocenters. The molecule has 2 aromatic heterocycles. The number of hydrogen-bond donors (Lipinski definition) is 1. The van der Waals surface area contributed by atoms with Crippen LogP contribution in [0.2, 0.25) is 0 Å². The van der Waals surface area contributed by atoms with E-state index in [-0.39, 0.29) is 5.95 Å². The van der Waals surface area contributed by atoms with Crippen LogP contribution in [0.4, 0.5) is 5.95 Å². The molecule has 17 heavy (non-hydrogen) atoms. The number of rotatable bonds is 1. The van der Waals surface area contributed by atoms with E-state index in [9.17, 15) is 0 Å². The van der Waals surface area contributed by atoms with Gasteiger partial charge in [-0.2, -0.15) is 0 Å². The average Bonchev–Trinajstić information content (AvgIpc) is 2.82. The summed E-state index contributed by atoms with van der Waals surface area (Å²) in [6, 6.07) is 9.67. The molecule has 4 heteroatoms. The normalized spacial score (nSPS) is 10.9. The van der Waals surface area contributed by atoms with Crippen molar-refractivity contribution < 1.29 is 4.42 Å². The number of anilines is 1. The fourth-order valence-electron chi connectivity index (χ4n) is 1.86. The van der Waals surface area contributed by atoms with E-state index in [2.05, 4.69) is 9.97 Å². The second kappa shape index (κ2) is 3.59. The van der Waals surface area contributed by atoms with E-state index in [1.54, 1.807) is 6.26 Å². The molecule has 84 valence electrons. The van der Waals surface area contributed by atoms with E-state index in [0.717, 1.165) is 22.2 Å². The van der Waals surface area contributed by atoms with Crippen molar-refractivity contribution in [2.75, 3.05) is 5.73 Å². The highest BCUT2D eigenvalue weighted by Gasteiger charge is 2.10. The average molecular weight is 225 g/mol. The maximum Gasteiger partial charge on any atom is 0.221 e. The van der Waals surface area contributed by atoms with Crippen LogP contribution in [-0.4, -0.2) is 9.97 Å². The number of hydrogen-bond acceptors (Lipinski definition) is 4. The first-order chi connectivity index (χ1) is 8.24. The summed E-state index contributed by atoms with van der Waals surface area (Å²) in [5.41, 5.74) is 8.42. The molecule has 3 rings (SSSR count). The molecule has 0 amide bonds. The van der Waals surface area contributed by atoms with Crippen molar-refractivity contribution in [1.29, 1.82) is 0 Å². The number of aryl methyl sites for hydroxylation is 1. The summed E-state index contributed by atoms with van der Waals surface area (Å²) < 4.78 is 5.38. The van der Waals surface area contributed by atoms with Crippen LogP contribution in [0.15, 0.2) is 41.0 Å². The number of nitrogen functional groups attached to an aromatic ring is 1. The van der Waals surface area contributed by atoms with Crippen LogP contribution in [0.5, 0.6) is 0 Å².